The minimum atomic E-state index is -0.414. The van der Waals surface area contributed by atoms with Crippen molar-refractivity contribution in [3.63, 3.8) is 0 Å². The van der Waals surface area contributed by atoms with E-state index in [2.05, 4.69) is 14.7 Å². The van der Waals surface area contributed by atoms with Gasteiger partial charge in [0.1, 0.15) is 5.04 Å². The fourth-order valence-electron chi connectivity index (χ4n) is 3.52. The predicted octanol–water partition coefficient (Wildman–Crippen LogP) is 5.33. The van der Waals surface area contributed by atoms with Gasteiger partial charge in [0.05, 0.1) is 5.57 Å². The fraction of sp³-hybridized carbons (Fsp3) is 0.273. The van der Waals surface area contributed by atoms with Gasteiger partial charge in [-0.25, -0.2) is 0 Å². The zero-order chi connectivity index (χ0) is 21.7. The summed E-state index contributed by atoms with van der Waals surface area (Å²) in [5.41, 5.74) is 5.16. The van der Waals surface area contributed by atoms with Crippen LogP contribution in [0.1, 0.15) is 36.4 Å². The summed E-state index contributed by atoms with van der Waals surface area (Å²) < 4.78 is 2.11. The highest BCUT2D eigenvalue weighted by molar-refractivity contribution is 8.27. The molecule has 1 aromatic heterocycles. The summed E-state index contributed by atoms with van der Waals surface area (Å²) in [6.45, 7) is 10.1. The number of aliphatic imine (C=N–C) groups is 1. The molecule has 1 N–H and O–H groups in total. The number of hydrogen-bond acceptors (Lipinski definition) is 4. The first kappa shape index (κ1) is 20.6. The third-order valence-corrected chi connectivity index (χ3v) is 6.59. The van der Waals surface area contributed by atoms with Gasteiger partial charge in [0.2, 0.25) is 5.17 Å². The molecular weight excluding hydrogens is 418 g/mol. The molecule has 0 saturated heterocycles. The van der Waals surface area contributed by atoms with Crippen molar-refractivity contribution in [1.29, 1.82) is 5.41 Å². The van der Waals surface area contributed by atoms with Crippen LogP contribution in [0.5, 0.6) is 0 Å². The minimum Gasteiger partial charge on any atom is -0.318 e. The van der Waals surface area contributed by atoms with Gasteiger partial charge in [-0.3, -0.25) is 10.2 Å². The number of thioether (sulfide) groups is 1. The predicted molar refractivity (Wildman–Crippen MR) is 125 cm³/mol. The first-order chi connectivity index (χ1) is 14.2. The number of aromatic nitrogens is 1. The average Bonchev–Trinajstić information content (AvgIpc) is 3.22. The molecule has 30 heavy (non-hydrogen) atoms. The van der Waals surface area contributed by atoms with Crippen LogP contribution in [0.25, 0.3) is 11.8 Å². The van der Waals surface area contributed by atoms with Gasteiger partial charge in [0.15, 0.2) is 5.84 Å². The van der Waals surface area contributed by atoms with E-state index in [1.54, 1.807) is 6.08 Å². The lowest BCUT2D eigenvalue weighted by molar-refractivity contribution is -0.114. The van der Waals surface area contributed by atoms with E-state index in [-0.39, 0.29) is 17.3 Å². The number of carbonyl (C=O) groups is 1. The highest BCUT2D eigenvalue weighted by atomic mass is 35.5. The first-order valence-corrected chi connectivity index (χ1v) is 10.8. The van der Waals surface area contributed by atoms with Gasteiger partial charge >= 0.3 is 0 Å². The van der Waals surface area contributed by atoms with Crippen LogP contribution in [0.3, 0.4) is 0 Å². The van der Waals surface area contributed by atoms with Gasteiger partial charge in [-0.1, -0.05) is 31.5 Å². The smallest absolute Gasteiger partial charge is 0.283 e. The largest absolute Gasteiger partial charge is 0.318 e. The number of benzene rings is 1. The Morgan fingerprint density at radius 1 is 1.20 bits per heavy atom. The molecule has 2 aliphatic rings. The van der Waals surface area contributed by atoms with E-state index in [0.717, 1.165) is 33.2 Å². The zero-order valence-electron chi connectivity index (χ0n) is 17.4. The van der Waals surface area contributed by atoms with Crippen LogP contribution in [-0.4, -0.2) is 31.5 Å². The van der Waals surface area contributed by atoms with Crippen molar-refractivity contribution in [3.8, 4) is 5.69 Å². The number of nitrogens with zero attached hydrogens (tertiary/aromatic N) is 4. The van der Waals surface area contributed by atoms with Crippen LogP contribution in [0, 0.1) is 32.1 Å². The summed E-state index contributed by atoms with van der Waals surface area (Å²) in [5.74, 6) is -0.155. The van der Waals surface area contributed by atoms with Gasteiger partial charge in [0.25, 0.3) is 5.91 Å². The van der Waals surface area contributed by atoms with Gasteiger partial charge < -0.3 is 4.57 Å². The van der Waals surface area contributed by atoms with Gasteiger partial charge in [-0.2, -0.15) is 15.1 Å². The summed E-state index contributed by atoms with van der Waals surface area (Å²) in [6, 6.07) is 7.79. The molecule has 1 aromatic carbocycles. The second-order valence-corrected chi connectivity index (χ2v) is 9.13. The molecule has 0 fully saturated rings. The standard InChI is InChI=1S/C22H22ClN5OS/c1-11(2)21-26-28-19(24)17(20(29)25-22(28)30-21)9-15-8-13(4)27(14(15)5)18-10-16(23)7-6-12(18)3/h6-11,24H,1-5H3/b17-9-,24-19?. The monoisotopic (exact) mass is 439 g/mol. The lowest BCUT2D eigenvalue weighted by atomic mass is 10.1. The van der Waals surface area contributed by atoms with E-state index in [1.807, 2.05) is 58.9 Å². The molecule has 2 aromatic rings. The molecule has 0 unspecified atom stereocenters. The molecule has 0 aliphatic carbocycles. The topological polar surface area (TPSA) is 73.8 Å². The Bertz CT molecular complexity index is 1190. The molecule has 0 bridgehead atoms. The van der Waals surface area contributed by atoms with E-state index in [0.29, 0.717) is 10.2 Å². The van der Waals surface area contributed by atoms with E-state index in [4.69, 9.17) is 17.0 Å². The first-order valence-electron chi connectivity index (χ1n) is 9.63. The molecule has 4 rings (SSSR count). The summed E-state index contributed by atoms with van der Waals surface area (Å²) in [4.78, 5) is 16.9. The van der Waals surface area contributed by atoms with Crippen molar-refractivity contribution in [2.75, 3.05) is 0 Å². The molecule has 3 heterocycles. The minimum absolute atomic E-state index is 0.0527. The second kappa shape index (κ2) is 7.56. The van der Waals surface area contributed by atoms with E-state index >= 15 is 0 Å². The highest BCUT2D eigenvalue weighted by Crippen LogP contribution is 2.32. The van der Waals surface area contributed by atoms with Crippen molar-refractivity contribution in [3.05, 3.63) is 57.4 Å². The van der Waals surface area contributed by atoms with Crippen LogP contribution >= 0.6 is 23.4 Å². The Kier molecular flexibility index (Phi) is 5.20. The van der Waals surface area contributed by atoms with Crippen LogP contribution in [-0.2, 0) is 4.79 Å². The molecule has 0 radical (unpaired) electrons. The number of aryl methyl sites for hydroxylation is 2. The van der Waals surface area contributed by atoms with Gasteiger partial charge in [-0.05, 0) is 67.9 Å². The molecule has 1 amide bonds. The Hall–Kier alpha value is -2.64. The van der Waals surface area contributed by atoms with Gasteiger partial charge in [-0.15, -0.1) is 0 Å². The number of hydrazone groups is 1. The van der Waals surface area contributed by atoms with Crippen LogP contribution in [0.2, 0.25) is 5.02 Å². The third-order valence-electron chi connectivity index (χ3n) is 5.15. The molecule has 0 atom stereocenters. The summed E-state index contributed by atoms with van der Waals surface area (Å²) in [6.07, 6.45) is 1.73. The van der Waals surface area contributed by atoms with Crippen molar-refractivity contribution in [1.82, 2.24) is 9.58 Å². The normalized spacial score (nSPS) is 17.7. The fourth-order valence-corrected chi connectivity index (χ4v) is 4.58. The van der Waals surface area contributed by atoms with Crippen molar-refractivity contribution >= 4 is 51.4 Å². The number of carbonyl (C=O) groups excluding carboxylic acids is 1. The molecule has 154 valence electrons. The summed E-state index contributed by atoms with van der Waals surface area (Å²) in [5, 5.41) is 16.4. The summed E-state index contributed by atoms with van der Waals surface area (Å²) in [7, 11) is 0. The van der Waals surface area contributed by atoms with E-state index in [9.17, 15) is 4.79 Å². The van der Waals surface area contributed by atoms with E-state index in [1.165, 1.54) is 16.8 Å². The number of hydrogen-bond donors (Lipinski definition) is 1. The van der Waals surface area contributed by atoms with Gasteiger partial charge in [0, 0.05) is 28.0 Å². The molecule has 0 spiro atoms. The number of halogens is 1. The SMILES string of the molecule is Cc1ccc(Cl)cc1-n1c(C)cc(/C=C2/C(=N)N3N=C(C(C)C)SC3=NC2=O)c1C. The average molecular weight is 440 g/mol. The van der Waals surface area contributed by atoms with Crippen LogP contribution < -0.4 is 0 Å². The van der Waals surface area contributed by atoms with E-state index < -0.39 is 5.91 Å². The Labute approximate surface area is 184 Å². The number of amides is 1. The maximum Gasteiger partial charge on any atom is 0.283 e. The quantitative estimate of drug-likeness (QED) is 0.656. The molecule has 2 aliphatic heterocycles. The summed E-state index contributed by atoms with van der Waals surface area (Å²) >= 11 is 7.57. The van der Waals surface area contributed by atoms with Crippen molar-refractivity contribution < 1.29 is 4.79 Å². The maximum atomic E-state index is 12.7. The Balaban J connectivity index is 1.77. The number of nitrogens with one attached hydrogen (secondary N) is 1. The Morgan fingerprint density at radius 2 is 1.93 bits per heavy atom. The van der Waals surface area contributed by atoms with Crippen molar-refractivity contribution in [2.45, 2.75) is 34.6 Å². The van der Waals surface area contributed by atoms with Crippen molar-refractivity contribution in [2.24, 2.45) is 16.0 Å². The highest BCUT2D eigenvalue weighted by Gasteiger charge is 2.36. The second-order valence-electron chi connectivity index (χ2n) is 7.71. The van der Waals surface area contributed by atoms with Crippen LogP contribution in [0.4, 0.5) is 0 Å². The zero-order valence-corrected chi connectivity index (χ0v) is 19.0. The lowest BCUT2D eigenvalue weighted by Crippen LogP contribution is -2.35. The number of amidine groups is 2. The third kappa shape index (κ3) is 3.42. The van der Waals surface area contributed by atoms with Crippen LogP contribution in [0.15, 0.2) is 39.9 Å². The lowest BCUT2D eigenvalue weighted by Gasteiger charge is -2.20. The Morgan fingerprint density at radius 3 is 2.63 bits per heavy atom. The molecular formula is C22H22ClN5OS. The molecule has 0 saturated carbocycles. The number of fused-ring (bicyclic) bond motifs is 1. The number of rotatable bonds is 3. The molecule has 8 heteroatoms. The maximum absolute atomic E-state index is 12.7. The molecule has 6 nitrogen and oxygen atoms in total.